The predicted molar refractivity (Wildman–Crippen MR) is 61.4 cm³/mol. The second-order valence-electron chi connectivity index (χ2n) is 3.61. The Kier molecular flexibility index (Phi) is 4.69. The van der Waals surface area contributed by atoms with Crippen LogP contribution in [0.15, 0.2) is 10.7 Å². The van der Waals surface area contributed by atoms with E-state index in [4.69, 9.17) is 5.73 Å². The number of nitrogens with two attached hydrogens (primary N) is 1. The molecular formula is C9H16BrFN4. The predicted octanol–water partition coefficient (Wildman–Crippen LogP) is 1.18. The summed E-state index contributed by atoms with van der Waals surface area (Å²) in [5.74, 6) is 0. The summed E-state index contributed by atoms with van der Waals surface area (Å²) in [7, 11) is 3.93. The molecule has 1 rings (SSSR count). The maximum absolute atomic E-state index is 13.5. The van der Waals surface area contributed by atoms with Crippen LogP contribution in [0.2, 0.25) is 0 Å². The number of nitrogens with zero attached hydrogens (tertiary/aromatic N) is 3. The molecular weight excluding hydrogens is 263 g/mol. The van der Waals surface area contributed by atoms with Crippen LogP contribution < -0.4 is 5.73 Å². The highest BCUT2D eigenvalue weighted by molar-refractivity contribution is 9.10. The van der Waals surface area contributed by atoms with E-state index in [2.05, 4.69) is 21.0 Å². The van der Waals surface area contributed by atoms with E-state index in [0.717, 1.165) is 6.54 Å². The Morgan fingerprint density at radius 1 is 1.67 bits per heavy atom. The summed E-state index contributed by atoms with van der Waals surface area (Å²) >= 11 is 3.27. The molecule has 0 aliphatic heterocycles. The molecule has 1 aromatic heterocycles. The fourth-order valence-corrected chi connectivity index (χ4v) is 1.81. The fourth-order valence-electron chi connectivity index (χ4n) is 1.27. The van der Waals surface area contributed by atoms with Crippen molar-refractivity contribution in [3.8, 4) is 0 Å². The molecule has 0 aliphatic rings. The molecule has 86 valence electrons. The lowest BCUT2D eigenvalue weighted by Gasteiger charge is -2.13. The van der Waals surface area contributed by atoms with Crippen molar-refractivity contribution in [3.05, 3.63) is 16.4 Å². The van der Waals surface area contributed by atoms with Crippen molar-refractivity contribution in [2.75, 3.05) is 27.2 Å². The number of alkyl halides is 1. The van der Waals surface area contributed by atoms with E-state index in [0.29, 0.717) is 16.7 Å². The average Bonchev–Trinajstić information content (AvgIpc) is 2.55. The second kappa shape index (κ2) is 5.58. The summed E-state index contributed by atoms with van der Waals surface area (Å²) in [6.07, 6.45) is 0.441. The monoisotopic (exact) mass is 278 g/mol. The van der Waals surface area contributed by atoms with Crippen molar-refractivity contribution in [2.24, 2.45) is 5.73 Å². The summed E-state index contributed by atoms with van der Waals surface area (Å²) in [6, 6.07) is 0. The van der Waals surface area contributed by atoms with Crippen LogP contribution in [0.5, 0.6) is 0 Å². The molecule has 0 spiro atoms. The molecule has 1 unspecified atom stereocenters. The van der Waals surface area contributed by atoms with E-state index in [1.165, 1.54) is 0 Å². The quantitative estimate of drug-likeness (QED) is 0.880. The first-order valence-corrected chi connectivity index (χ1v) is 5.55. The lowest BCUT2D eigenvalue weighted by Crippen LogP contribution is -2.22. The van der Waals surface area contributed by atoms with Gasteiger partial charge in [-0.1, -0.05) is 0 Å². The lowest BCUT2D eigenvalue weighted by molar-refractivity contribution is 0.312. The van der Waals surface area contributed by atoms with Crippen LogP contribution in [-0.2, 0) is 6.54 Å². The maximum Gasteiger partial charge on any atom is 0.155 e. The molecule has 4 nitrogen and oxygen atoms in total. The van der Waals surface area contributed by atoms with Crippen LogP contribution in [0.1, 0.15) is 11.9 Å². The third-order valence-corrected chi connectivity index (χ3v) is 2.71. The standard InChI is InChI=1S/C9H16BrFN4/c1-14(2)3-4-15-9(8(11)5-12)7(10)6-13-15/h6,8H,3-5,12H2,1-2H3. The third kappa shape index (κ3) is 3.25. The van der Waals surface area contributed by atoms with Gasteiger partial charge in [0.05, 0.1) is 22.9 Å². The van der Waals surface area contributed by atoms with Crippen LogP contribution in [0.25, 0.3) is 0 Å². The Bertz CT molecular complexity index is 313. The Labute approximate surface area is 97.4 Å². The minimum atomic E-state index is -1.16. The molecule has 0 aromatic carbocycles. The van der Waals surface area contributed by atoms with Gasteiger partial charge >= 0.3 is 0 Å². The summed E-state index contributed by atoms with van der Waals surface area (Å²) < 4.78 is 15.8. The second-order valence-corrected chi connectivity index (χ2v) is 4.46. The van der Waals surface area contributed by atoms with Crippen LogP contribution in [-0.4, -0.2) is 41.9 Å². The first-order valence-electron chi connectivity index (χ1n) is 4.76. The minimum Gasteiger partial charge on any atom is -0.327 e. The first-order chi connectivity index (χ1) is 7.06. The van der Waals surface area contributed by atoms with Gasteiger partial charge in [0.15, 0.2) is 6.17 Å². The smallest absolute Gasteiger partial charge is 0.155 e. The van der Waals surface area contributed by atoms with Gasteiger partial charge < -0.3 is 10.6 Å². The van der Waals surface area contributed by atoms with E-state index in [1.54, 1.807) is 10.9 Å². The largest absolute Gasteiger partial charge is 0.327 e. The highest BCUT2D eigenvalue weighted by Crippen LogP contribution is 2.25. The van der Waals surface area contributed by atoms with Gasteiger partial charge in [-0.25, -0.2) is 4.39 Å². The number of aromatic nitrogens is 2. The molecule has 0 saturated carbocycles. The van der Waals surface area contributed by atoms with Gasteiger partial charge in [-0.05, 0) is 30.0 Å². The Morgan fingerprint density at radius 3 is 2.87 bits per heavy atom. The first kappa shape index (κ1) is 12.6. The van der Waals surface area contributed by atoms with Gasteiger partial charge in [0.1, 0.15) is 0 Å². The minimum absolute atomic E-state index is 0.0216. The summed E-state index contributed by atoms with van der Waals surface area (Å²) in [4.78, 5) is 2.02. The molecule has 0 radical (unpaired) electrons. The molecule has 1 aromatic rings. The molecule has 0 aliphatic carbocycles. The Hall–Kier alpha value is -0.460. The summed E-state index contributed by atoms with van der Waals surface area (Å²) in [6.45, 7) is 1.46. The van der Waals surface area contributed by atoms with Crippen LogP contribution in [0.4, 0.5) is 4.39 Å². The van der Waals surface area contributed by atoms with Crippen molar-refractivity contribution in [2.45, 2.75) is 12.7 Å². The number of hydrogen-bond donors (Lipinski definition) is 1. The molecule has 0 amide bonds. The van der Waals surface area contributed by atoms with Gasteiger partial charge in [0.2, 0.25) is 0 Å². The van der Waals surface area contributed by atoms with E-state index < -0.39 is 6.17 Å². The topological polar surface area (TPSA) is 47.1 Å². The van der Waals surface area contributed by atoms with Crippen LogP contribution in [0.3, 0.4) is 0 Å². The molecule has 1 heterocycles. The number of rotatable bonds is 5. The van der Waals surface area contributed by atoms with E-state index in [9.17, 15) is 4.39 Å². The Morgan fingerprint density at radius 2 is 2.33 bits per heavy atom. The zero-order chi connectivity index (χ0) is 11.4. The molecule has 0 fully saturated rings. The van der Waals surface area contributed by atoms with Crippen molar-refractivity contribution in [1.29, 1.82) is 0 Å². The molecule has 2 N–H and O–H groups in total. The molecule has 0 saturated heterocycles. The van der Waals surface area contributed by atoms with Crippen molar-refractivity contribution >= 4 is 15.9 Å². The van der Waals surface area contributed by atoms with Gasteiger partial charge in [-0.15, -0.1) is 0 Å². The average molecular weight is 279 g/mol. The van der Waals surface area contributed by atoms with E-state index in [1.807, 2.05) is 19.0 Å². The molecule has 0 bridgehead atoms. The number of halogens is 2. The lowest BCUT2D eigenvalue weighted by atomic mass is 10.3. The van der Waals surface area contributed by atoms with Gasteiger partial charge in [-0.3, -0.25) is 4.68 Å². The van der Waals surface area contributed by atoms with Crippen LogP contribution >= 0.6 is 15.9 Å². The zero-order valence-corrected chi connectivity index (χ0v) is 10.5. The maximum atomic E-state index is 13.5. The molecule has 15 heavy (non-hydrogen) atoms. The normalized spacial score (nSPS) is 13.5. The van der Waals surface area contributed by atoms with E-state index in [-0.39, 0.29) is 6.54 Å². The van der Waals surface area contributed by atoms with Crippen molar-refractivity contribution in [3.63, 3.8) is 0 Å². The molecule has 6 heteroatoms. The highest BCUT2D eigenvalue weighted by Gasteiger charge is 2.17. The summed E-state index contributed by atoms with van der Waals surface area (Å²) in [5, 5.41) is 4.10. The van der Waals surface area contributed by atoms with Gasteiger partial charge in [0, 0.05) is 13.1 Å². The number of likely N-dealkylation sites (N-methyl/N-ethyl adjacent to an activating group) is 1. The van der Waals surface area contributed by atoms with Gasteiger partial charge in [-0.2, -0.15) is 5.10 Å². The van der Waals surface area contributed by atoms with Crippen molar-refractivity contribution < 1.29 is 4.39 Å². The van der Waals surface area contributed by atoms with Crippen molar-refractivity contribution in [1.82, 2.24) is 14.7 Å². The molecule has 1 atom stereocenters. The summed E-state index contributed by atoms with van der Waals surface area (Å²) in [5.41, 5.74) is 5.84. The Balaban J connectivity index is 2.79. The fraction of sp³-hybridized carbons (Fsp3) is 0.667. The number of hydrogen-bond acceptors (Lipinski definition) is 3. The third-order valence-electron chi connectivity index (χ3n) is 2.10. The highest BCUT2D eigenvalue weighted by atomic mass is 79.9. The SMILES string of the molecule is CN(C)CCn1ncc(Br)c1C(F)CN. The van der Waals surface area contributed by atoms with E-state index >= 15 is 0 Å². The van der Waals surface area contributed by atoms with Gasteiger partial charge in [0.25, 0.3) is 0 Å². The zero-order valence-electron chi connectivity index (χ0n) is 8.95. The van der Waals surface area contributed by atoms with Crippen LogP contribution in [0, 0.1) is 0 Å².